The minimum Gasteiger partial charge on any atom is -0.396 e. The van der Waals surface area contributed by atoms with Gasteiger partial charge in [0.05, 0.1) is 16.7 Å². The Hall–Kier alpha value is -1.71. The number of anilines is 1. The van der Waals surface area contributed by atoms with Crippen molar-refractivity contribution >= 4 is 21.6 Å². The summed E-state index contributed by atoms with van der Waals surface area (Å²) < 4.78 is 38.9. The van der Waals surface area contributed by atoms with E-state index in [2.05, 4.69) is 0 Å². The van der Waals surface area contributed by atoms with Crippen LogP contribution in [0.3, 0.4) is 0 Å². The predicted octanol–water partition coefficient (Wildman–Crippen LogP) is -0.983. The van der Waals surface area contributed by atoms with E-state index in [-0.39, 0.29) is 23.5 Å². The average molecular weight is 303 g/mol. The molecule has 110 valence electrons. The van der Waals surface area contributed by atoms with Crippen molar-refractivity contribution in [3.8, 4) is 0 Å². The Morgan fingerprint density at radius 2 is 2.10 bits per heavy atom. The third kappa shape index (κ3) is 2.47. The maximum absolute atomic E-state index is 13.4. The number of aliphatic hydroxyl groups is 1. The first-order chi connectivity index (χ1) is 9.23. The van der Waals surface area contributed by atoms with Gasteiger partial charge in [-0.05, 0) is 18.2 Å². The highest BCUT2D eigenvalue weighted by Crippen LogP contribution is 2.27. The van der Waals surface area contributed by atoms with Gasteiger partial charge in [-0.15, -0.1) is 0 Å². The molecule has 1 amide bonds. The van der Waals surface area contributed by atoms with Crippen molar-refractivity contribution in [1.29, 1.82) is 0 Å². The molecule has 1 heterocycles. The van der Waals surface area contributed by atoms with Gasteiger partial charge in [0.1, 0.15) is 11.9 Å². The first-order valence-corrected chi connectivity index (χ1v) is 7.21. The fourth-order valence-corrected chi connectivity index (χ4v) is 3.77. The van der Waals surface area contributed by atoms with Crippen LogP contribution in [0.5, 0.6) is 0 Å². The van der Waals surface area contributed by atoms with Crippen molar-refractivity contribution in [3.63, 3.8) is 0 Å². The van der Waals surface area contributed by atoms with E-state index in [1.165, 1.54) is 0 Å². The van der Waals surface area contributed by atoms with Crippen LogP contribution in [0.15, 0.2) is 23.1 Å². The Morgan fingerprint density at radius 3 is 2.65 bits per heavy atom. The van der Waals surface area contributed by atoms with E-state index < -0.39 is 33.9 Å². The number of sulfonamides is 1. The fraction of sp³-hybridized carbons (Fsp3) is 0.364. The van der Waals surface area contributed by atoms with Crippen molar-refractivity contribution in [1.82, 2.24) is 4.31 Å². The van der Waals surface area contributed by atoms with E-state index in [0.717, 1.165) is 22.5 Å². The minimum atomic E-state index is -4.13. The first-order valence-electron chi connectivity index (χ1n) is 5.77. The Balaban J connectivity index is 2.43. The second-order valence-corrected chi connectivity index (χ2v) is 6.46. The van der Waals surface area contributed by atoms with Crippen molar-refractivity contribution in [2.24, 2.45) is 5.73 Å². The summed E-state index contributed by atoms with van der Waals surface area (Å²) in [5.74, 6) is -1.73. The number of β-amino-alcohol motifs (C(OH)–C–C–N with tert-alkyl or cyclic N) is 1. The van der Waals surface area contributed by atoms with Crippen LogP contribution in [0.25, 0.3) is 0 Å². The highest BCUT2D eigenvalue weighted by atomic mass is 32.2. The zero-order chi connectivity index (χ0) is 15.1. The van der Waals surface area contributed by atoms with Gasteiger partial charge >= 0.3 is 0 Å². The topological polar surface area (TPSA) is 127 Å². The number of benzene rings is 1. The second-order valence-electron chi connectivity index (χ2n) is 4.57. The molecular weight excluding hydrogens is 289 g/mol. The molecule has 0 aromatic heterocycles. The Kier molecular flexibility index (Phi) is 3.67. The zero-order valence-electron chi connectivity index (χ0n) is 10.4. The highest BCUT2D eigenvalue weighted by Gasteiger charge is 2.42. The second kappa shape index (κ2) is 5.00. The molecule has 1 aromatic carbocycles. The molecule has 7 nitrogen and oxygen atoms in total. The monoisotopic (exact) mass is 303 g/mol. The number of rotatable bonds is 3. The molecule has 5 N–H and O–H groups in total. The number of amides is 1. The molecule has 20 heavy (non-hydrogen) atoms. The maximum Gasteiger partial charge on any atom is 0.243 e. The molecule has 1 aromatic rings. The number of hydrogen-bond acceptors (Lipinski definition) is 5. The summed E-state index contributed by atoms with van der Waals surface area (Å²) >= 11 is 0. The SMILES string of the molecule is NC(=O)C1CC(O)CN1S(=O)(=O)c1ccc(N)c(F)c1. The van der Waals surface area contributed by atoms with E-state index in [9.17, 15) is 22.7 Å². The molecule has 2 atom stereocenters. The van der Waals surface area contributed by atoms with Crippen LogP contribution in [-0.2, 0) is 14.8 Å². The molecule has 0 aliphatic carbocycles. The quantitative estimate of drug-likeness (QED) is 0.618. The molecular formula is C11H14FN3O4S. The smallest absolute Gasteiger partial charge is 0.243 e. The zero-order valence-corrected chi connectivity index (χ0v) is 11.2. The van der Waals surface area contributed by atoms with Crippen LogP contribution < -0.4 is 11.5 Å². The average Bonchev–Trinajstić information content (AvgIpc) is 2.75. The van der Waals surface area contributed by atoms with Gasteiger partial charge in [0, 0.05) is 13.0 Å². The van der Waals surface area contributed by atoms with Gasteiger partial charge < -0.3 is 16.6 Å². The highest BCUT2D eigenvalue weighted by molar-refractivity contribution is 7.89. The third-order valence-corrected chi connectivity index (χ3v) is 5.01. The number of halogens is 1. The van der Waals surface area contributed by atoms with Crippen molar-refractivity contribution in [2.75, 3.05) is 12.3 Å². The number of carbonyl (C=O) groups excluding carboxylic acids is 1. The molecule has 9 heteroatoms. The Bertz CT molecular complexity index is 649. The predicted molar refractivity (Wildman–Crippen MR) is 68.3 cm³/mol. The summed E-state index contributed by atoms with van der Waals surface area (Å²) in [4.78, 5) is 10.9. The number of hydrogen-bond donors (Lipinski definition) is 3. The molecule has 2 rings (SSSR count). The van der Waals surface area contributed by atoms with Crippen LogP contribution in [0.2, 0.25) is 0 Å². The number of nitrogens with zero attached hydrogens (tertiary/aromatic N) is 1. The fourth-order valence-electron chi connectivity index (χ4n) is 2.11. The summed E-state index contributed by atoms with van der Waals surface area (Å²) in [6.07, 6.45) is -1.06. The number of primary amides is 1. The Morgan fingerprint density at radius 1 is 1.45 bits per heavy atom. The molecule has 1 fully saturated rings. The van der Waals surface area contributed by atoms with E-state index in [0.29, 0.717) is 0 Å². The summed E-state index contributed by atoms with van der Waals surface area (Å²) in [5, 5.41) is 9.52. The van der Waals surface area contributed by atoms with Crippen LogP contribution in [-0.4, -0.2) is 42.4 Å². The molecule has 0 radical (unpaired) electrons. The van der Waals surface area contributed by atoms with Gasteiger partial charge in [-0.3, -0.25) is 4.79 Å². The lowest BCUT2D eigenvalue weighted by atomic mass is 10.2. The van der Waals surface area contributed by atoms with Gasteiger partial charge in [0.25, 0.3) is 0 Å². The standard InChI is InChI=1S/C11H14FN3O4S/c12-8-4-7(1-2-9(8)13)20(18,19)15-5-6(16)3-10(15)11(14)17/h1-2,4,6,10,16H,3,5,13H2,(H2,14,17). The lowest BCUT2D eigenvalue weighted by Gasteiger charge is -2.21. The molecule has 1 aliphatic rings. The molecule has 0 saturated carbocycles. The van der Waals surface area contributed by atoms with Crippen molar-refractivity contribution < 1.29 is 22.7 Å². The molecule has 0 spiro atoms. The van der Waals surface area contributed by atoms with Crippen LogP contribution in [0.1, 0.15) is 6.42 Å². The number of nitrogens with two attached hydrogens (primary N) is 2. The summed E-state index contributed by atoms with van der Waals surface area (Å²) in [6, 6.07) is 1.88. The van der Waals surface area contributed by atoms with Gasteiger partial charge in [-0.1, -0.05) is 0 Å². The molecule has 0 bridgehead atoms. The van der Waals surface area contributed by atoms with Gasteiger partial charge in [-0.25, -0.2) is 12.8 Å². The first kappa shape index (κ1) is 14.7. The van der Waals surface area contributed by atoms with Crippen LogP contribution in [0, 0.1) is 5.82 Å². The molecule has 1 aliphatic heterocycles. The number of nitrogen functional groups attached to an aromatic ring is 1. The van der Waals surface area contributed by atoms with Gasteiger partial charge in [-0.2, -0.15) is 4.31 Å². The number of carbonyl (C=O) groups is 1. The van der Waals surface area contributed by atoms with E-state index in [1.54, 1.807) is 0 Å². The van der Waals surface area contributed by atoms with Gasteiger partial charge in [0.2, 0.25) is 15.9 Å². The summed E-state index contributed by atoms with van der Waals surface area (Å²) in [6.45, 7) is -0.262. The summed E-state index contributed by atoms with van der Waals surface area (Å²) in [7, 11) is -4.13. The van der Waals surface area contributed by atoms with E-state index in [4.69, 9.17) is 11.5 Å². The third-order valence-electron chi connectivity index (χ3n) is 3.14. The molecule has 1 saturated heterocycles. The normalized spacial score (nSPS) is 23.9. The lowest BCUT2D eigenvalue weighted by Crippen LogP contribution is -2.43. The van der Waals surface area contributed by atoms with Crippen LogP contribution in [0.4, 0.5) is 10.1 Å². The largest absolute Gasteiger partial charge is 0.396 e. The van der Waals surface area contributed by atoms with Gasteiger partial charge in [0.15, 0.2) is 0 Å². The van der Waals surface area contributed by atoms with E-state index >= 15 is 0 Å². The van der Waals surface area contributed by atoms with Crippen molar-refractivity contribution in [2.45, 2.75) is 23.5 Å². The van der Waals surface area contributed by atoms with Crippen LogP contribution >= 0.6 is 0 Å². The molecule has 2 unspecified atom stereocenters. The summed E-state index contributed by atoms with van der Waals surface area (Å²) in [5.41, 5.74) is 10.2. The maximum atomic E-state index is 13.4. The van der Waals surface area contributed by atoms with Crippen molar-refractivity contribution in [3.05, 3.63) is 24.0 Å². The Labute approximate surface area is 115 Å². The number of aliphatic hydroxyl groups excluding tert-OH is 1. The minimum absolute atomic E-state index is 0.0774. The lowest BCUT2D eigenvalue weighted by molar-refractivity contribution is -0.121. The van der Waals surface area contributed by atoms with E-state index in [1.807, 2.05) is 0 Å².